The Morgan fingerprint density at radius 3 is 2.41 bits per heavy atom. The van der Waals surface area contributed by atoms with Crippen molar-refractivity contribution in [2.24, 2.45) is 5.10 Å². The molecule has 11 heteroatoms. The summed E-state index contributed by atoms with van der Waals surface area (Å²) >= 11 is 0. The second-order valence-corrected chi connectivity index (χ2v) is 5.73. The number of hydrogen-bond acceptors (Lipinski definition) is 5. The summed E-state index contributed by atoms with van der Waals surface area (Å²) in [5.74, 6) is 0.0825. The van der Waals surface area contributed by atoms with Crippen molar-refractivity contribution < 1.29 is 27.8 Å². The molecule has 1 heterocycles. The Labute approximate surface area is 162 Å². The lowest BCUT2D eigenvalue weighted by molar-refractivity contribution is -0.274. The fourth-order valence-electron chi connectivity index (χ4n) is 2.24. The van der Waals surface area contributed by atoms with Gasteiger partial charge in [-0.15, -0.1) is 18.3 Å². The minimum absolute atomic E-state index is 0.326. The van der Waals surface area contributed by atoms with Crippen LogP contribution in [0.3, 0.4) is 0 Å². The predicted molar refractivity (Wildman–Crippen MR) is 96.9 cm³/mol. The van der Waals surface area contributed by atoms with Crippen LogP contribution < -0.4 is 4.74 Å². The summed E-state index contributed by atoms with van der Waals surface area (Å²) in [4.78, 5) is 14.9. The first-order valence-corrected chi connectivity index (χ1v) is 8.10. The lowest BCUT2D eigenvalue weighted by Gasteiger charge is -2.09. The van der Waals surface area contributed by atoms with E-state index in [1.807, 2.05) is 0 Å². The molecule has 0 radical (unpaired) electrons. The number of hydrazone groups is 1. The van der Waals surface area contributed by atoms with E-state index < -0.39 is 12.5 Å². The number of rotatable bonds is 5. The van der Waals surface area contributed by atoms with Crippen LogP contribution in [0.1, 0.15) is 5.56 Å². The molecular formula is C18H14F3N5O3. The second kappa shape index (κ2) is 8.00. The third-order valence-corrected chi connectivity index (χ3v) is 3.65. The minimum Gasteiger partial charge on any atom is -0.464 e. The van der Waals surface area contributed by atoms with Crippen LogP contribution in [0.15, 0.2) is 60.0 Å². The van der Waals surface area contributed by atoms with E-state index in [4.69, 9.17) is 5.11 Å². The van der Waals surface area contributed by atoms with Gasteiger partial charge in [-0.2, -0.15) is 5.10 Å². The third-order valence-electron chi connectivity index (χ3n) is 3.65. The van der Waals surface area contributed by atoms with Crippen LogP contribution in [0, 0.1) is 0 Å². The number of alkyl halides is 3. The van der Waals surface area contributed by atoms with Crippen molar-refractivity contribution >= 4 is 12.3 Å². The molecule has 0 saturated heterocycles. The summed E-state index contributed by atoms with van der Waals surface area (Å²) in [5, 5.41) is 17.6. The number of carboxylic acid groups (broad SMARTS) is 1. The molecule has 2 aromatic carbocycles. The Kier molecular flexibility index (Phi) is 5.48. The Balaban J connectivity index is 1.72. The van der Waals surface area contributed by atoms with Crippen molar-refractivity contribution in [1.29, 1.82) is 0 Å². The number of hydrogen-bond donors (Lipinski definition) is 1. The summed E-state index contributed by atoms with van der Waals surface area (Å²) in [5.41, 5.74) is 1.89. The first-order valence-electron chi connectivity index (χ1n) is 8.10. The summed E-state index contributed by atoms with van der Waals surface area (Å²) in [7, 11) is 1.31. The average molecular weight is 405 g/mol. The van der Waals surface area contributed by atoms with Crippen molar-refractivity contribution in [2.75, 3.05) is 7.05 Å². The van der Waals surface area contributed by atoms with Gasteiger partial charge in [-0.1, -0.05) is 24.3 Å². The highest BCUT2D eigenvalue weighted by molar-refractivity contribution is 5.81. The average Bonchev–Trinajstić information content (AvgIpc) is 3.16. The van der Waals surface area contributed by atoms with Gasteiger partial charge in [0.1, 0.15) is 12.1 Å². The first kappa shape index (κ1) is 19.9. The Morgan fingerprint density at radius 1 is 1.17 bits per heavy atom. The molecule has 3 aromatic rings. The van der Waals surface area contributed by atoms with Crippen molar-refractivity contribution in [3.8, 4) is 22.8 Å². The first-order chi connectivity index (χ1) is 13.7. The number of benzene rings is 2. The lowest BCUT2D eigenvalue weighted by atomic mass is 10.1. The van der Waals surface area contributed by atoms with Crippen molar-refractivity contribution in [3.05, 3.63) is 60.4 Å². The fraction of sp³-hybridized carbons (Fsp3) is 0.111. The molecule has 0 fully saturated rings. The molecule has 1 aromatic heterocycles. The zero-order valence-electron chi connectivity index (χ0n) is 14.9. The van der Waals surface area contributed by atoms with Gasteiger partial charge in [0.05, 0.1) is 11.9 Å². The van der Waals surface area contributed by atoms with Gasteiger partial charge < -0.3 is 9.84 Å². The number of aromatic nitrogens is 3. The third kappa shape index (κ3) is 5.31. The van der Waals surface area contributed by atoms with Crippen LogP contribution in [-0.2, 0) is 0 Å². The highest BCUT2D eigenvalue weighted by atomic mass is 19.4. The Bertz CT molecular complexity index is 1010. The zero-order valence-corrected chi connectivity index (χ0v) is 14.9. The van der Waals surface area contributed by atoms with Gasteiger partial charge in [0.2, 0.25) is 0 Å². The molecule has 0 aliphatic carbocycles. The molecule has 0 aliphatic rings. The summed E-state index contributed by atoms with van der Waals surface area (Å²) in [6, 6.07) is 12.1. The SMILES string of the molecule is CN(/N=C/c1ccc(-c2ncn(-c3ccc(OC(F)(F)F)cc3)n2)cc1)C(=O)O. The van der Waals surface area contributed by atoms with Crippen LogP contribution in [0.25, 0.3) is 17.1 Å². The van der Waals surface area contributed by atoms with E-state index in [-0.39, 0.29) is 5.75 Å². The molecule has 0 saturated carbocycles. The highest BCUT2D eigenvalue weighted by Crippen LogP contribution is 2.24. The van der Waals surface area contributed by atoms with E-state index in [0.29, 0.717) is 22.6 Å². The summed E-state index contributed by atoms with van der Waals surface area (Å²) in [6.07, 6.45) is -3.09. The molecule has 0 atom stereocenters. The maximum atomic E-state index is 12.2. The molecule has 3 rings (SSSR count). The number of carbonyl (C=O) groups is 1. The largest absolute Gasteiger partial charge is 0.573 e. The summed E-state index contributed by atoms with van der Waals surface area (Å²) in [6.45, 7) is 0. The van der Waals surface area contributed by atoms with Crippen LogP contribution in [0.5, 0.6) is 5.75 Å². The fourth-order valence-corrected chi connectivity index (χ4v) is 2.24. The lowest BCUT2D eigenvalue weighted by Crippen LogP contribution is -2.18. The highest BCUT2D eigenvalue weighted by Gasteiger charge is 2.30. The second-order valence-electron chi connectivity index (χ2n) is 5.73. The standard InChI is InChI=1S/C18H14F3N5O3/c1-25(17(27)28)23-10-12-2-4-13(5-3-12)16-22-11-26(24-16)14-6-8-15(9-7-14)29-18(19,20)21/h2-11H,1H3,(H,27,28)/b23-10+. The molecule has 29 heavy (non-hydrogen) atoms. The molecule has 0 unspecified atom stereocenters. The van der Waals surface area contributed by atoms with Gasteiger partial charge in [0.15, 0.2) is 5.82 Å². The van der Waals surface area contributed by atoms with E-state index in [2.05, 4.69) is 19.9 Å². The monoisotopic (exact) mass is 405 g/mol. The molecule has 0 bridgehead atoms. The Morgan fingerprint density at radius 2 is 1.83 bits per heavy atom. The van der Waals surface area contributed by atoms with Crippen molar-refractivity contribution in [2.45, 2.75) is 6.36 Å². The number of halogens is 3. The van der Waals surface area contributed by atoms with Crippen LogP contribution in [0.2, 0.25) is 0 Å². The molecule has 8 nitrogen and oxygen atoms in total. The van der Waals surface area contributed by atoms with Crippen molar-refractivity contribution in [3.63, 3.8) is 0 Å². The molecule has 0 spiro atoms. The van der Waals surface area contributed by atoms with Gasteiger partial charge >= 0.3 is 12.5 Å². The number of ether oxygens (including phenoxy) is 1. The van der Waals surface area contributed by atoms with Crippen LogP contribution >= 0.6 is 0 Å². The molecule has 0 aliphatic heterocycles. The maximum Gasteiger partial charge on any atom is 0.573 e. The number of nitrogens with zero attached hydrogens (tertiary/aromatic N) is 5. The maximum absolute atomic E-state index is 12.2. The van der Waals surface area contributed by atoms with E-state index in [1.54, 1.807) is 24.3 Å². The van der Waals surface area contributed by atoms with E-state index in [9.17, 15) is 18.0 Å². The molecule has 1 N–H and O–H groups in total. The van der Waals surface area contributed by atoms with E-state index in [1.165, 1.54) is 48.5 Å². The number of amides is 1. The van der Waals surface area contributed by atoms with Gasteiger partial charge in [-0.25, -0.2) is 19.5 Å². The van der Waals surface area contributed by atoms with Crippen LogP contribution in [-0.4, -0.2) is 50.6 Å². The molecule has 150 valence electrons. The summed E-state index contributed by atoms with van der Waals surface area (Å²) < 4.78 is 41.9. The van der Waals surface area contributed by atoms with E-state index in [0.717, 1.165) is 5.01 Å². The Hall–Kier alpha value is -3.89. The van der Waals surface area contributed by atoms with Gasteiger partial charge in [0.25, 0.3) is 0 Å². The predicted octanol–water partition coefficient (Wildman–Crippen LogP) is 3.78. The van der Waals surface area contributed by atoms with Gasteiger partial charge in [-0.3, -0.25) is 0 Å². The van der Waals surface area contributed by atoms with Crippen LogP contribution in [0.4, 0.5) is 18.0 Å². The quantitative estimate of drug-likeness (QED) is 0.515. The van der Waals surface area contributed by atoms with E-state index >= 15 is 0 Å². The van der Waals surface area contributed by atoms with Gasteiger partial charge in [0, 0.05) is 12.6 Å². The van der Waals surface area contributed by atoms with Crippen molar-refractivity contribution in [1.82, 2.24) is 19.8 Å². The topological polar surface area (TPSA) is 92.8 Å². The van der Waals surface area contributed by atoms with Gasteiger partial charge in [-0.05, 0) is 29.8 Å². The normalized spacial score (nSPS) is 11.6. The minimum atomic E-state index is -4.75. The zero-order chi connectivity index (χ0) is 21.0. The smallest absolute Gasteiger partial charge is 0.464 e. The molecule has 1 amide bonds. The molecular weight excluding hydrogens is 391 g/mol.